The van der Waals surface area contributed by atoms with Crippen molar-refractivity contribution >= 4 is 22.8 Å². The number of nitrogens with zero attached hydrogens (tertiary/aromatic N) is 5. The lowest BCUT2D eigenvalue weighted by Gasteiger charge is -2.16. The van der Waals surface area contributed by atoms with Crippen LogP contribution in [0.3, 0.4) is 0 Å². The molecule has 34 heavy (non-hydrogen) atoms. The number of hydrogen-bond donors (Lipinski definition) is 3. The molecule has 9 nitrogen and oxygen atoms in total. The van der Waals surface area contributed by atoms with Crippen LogP contribution in [0.2, 0.25) is 0 Å². The van der Waals surface area contributed by atoms with Crippen LogP contribution in [-0.4, -0.2) is 62.5 Å². The van der Waals surface area contributed by atoms with Crippen LogP contribution in [0, 0.1) is 0 Å². The fourth-order valence-electron chi connectivity index (χ4n) is 4.46. The van der Waals surface area contributed by atoms with Crippen molar-refractivity contribution < 1.29 is 9.90 Å². The minimum atomic E-state index is 0.0412. The summed E-state index contributed by atoms with van der Waals surface area (Å²) in [5, 5.41) is 15.6. The van der Waals surface area contributed by atoms with E-state index >= 15 is 0 Å². The summed E-state index contributed by atoms with van der Waals surface area (Å²) in [6.07, 6.45) is 0. The van der Waals surface area contributed by atoms with Gasteiger partial charge in [0.2, 0.25) is 0 Å². The summed E-state index contributed by atoms with van der Waals surface area (Å²) in [5.74, 6) is 0.815. The second-order valence-corrected chi connectivity index (χ2v) is 8.58. The van der Waals surface area contributed by atoms with E-state index in [0.29, 0.717) is 6.54 Å². The highest BCUT2D eigenvalue weighted by Crippen LogP contribution is 2.29. The molecule has 0 unspecified atom stereocenters. The van der Waals surface area contributed by atoms with Crippen molar-refractivity contribution in [3.05, 3.63) is 53.6 Å². The van der Waals surface area contributed by atoms with Crippen molar-refractivity contribution in [3.8, 4) is 22.8 Å². The van der Waals surface area contributed by atoms with Crippen molar-refractivity contribution in [2.75, 3.05) is 31.6 Å². The molecule has 0 saturated carbocycles. The molecule has 0 bridgehead atoms. The topological polar surface area (TPSA) is 102 Å². The number of aromatic nitrogens is 4. The van der Waals surface area contributed by atoms with Gasteiger partial charge in [0, 0.05) is 58.1 Å². The van der Waals surface area contributed by atoms with E-state index in [4.69, 9.17) is 15.2 Å². The third kappa shape index (κ3) is 3.93. The van der Waals surface area contributed by atoms with Gasteiger partial charge in [-0.1, -0.05) is 12.1 Å². The third-order valence-corrected chi connectivity index (χ3v) is 6.25. The average molecular weight is 460 g/mol. The first-order chi connectivity index (χ1) is 16.5. The smallest absolute Gasteiger partial charge is 0.324 e. The molecule has 0 radical (unpaired) electrons. The van der Waals surface area contributed by atoms with Crippen molar-refractivity contribution in [3.63, 3.8) is 0 Å². The Morgan fingerprint density at radius 1 is 1.03 bits per heavy atom. The number of rotatable bonds is 3. The number of imidazole rings is 1. The quantitative estimate of drug-likeness (QED) is 0.437. The molecule has 2 aliphatic heterocycles. The van der Waals surface area contributed by atoms with Crippen molar-refractivity contribution in [1.29, 1.82) is 0 Å². The highest BCUT2D eigenvalue weighted by molar-refractivity contribution is 5.94. The van der Waals surface area contributed by atoms with Gasteiger partial charge in [0.25, 0.3) is 0 Å². The molecule has 0 spiro atoms. The third-order valence-electron chi connectivity index (χ3n) is 6.25. The standard InChI is InChI=1S/C23H23N7O.C2H6O/c1-28-7-8-30(23(28)31)17-5-3-14(4-6-17)18-11-21(29(2)27-18)22-25-19-9-15-12-24-13-16(15)10-20(19)26-22;1-2-3/h3-6,9-11,24H,7-8,12-13H2,1-2H3,(H,25,26);3H,2H2,1H3. The Morgan fingerprint density at radius 3 is 2.41 bits per heavy atom. The van der Waals surface area contributed by atoms with Crippen LogP contribution in [-0.2, 0) is 20.1 Å². The number of anilines is 1. The van der Waals surface area contributed by atoms with Gasteiger partial charge >= 0.3 is 6.03 Å². The number of likely N-dealkylation sites (N-methyl/N-ethyl adjacent to an activating group) is 1. The van der Waals surface area contributed by atoms with Crippen LogP contribution in [0.25, 0.3) is 33.8 Å². The number of H-pyrrole nitrogens is 1. The number of aryl methyl sites for hydroxylation is 1. The predicted molar refractivity (Wildman–Crippen MR) is 132 cm³/mol. The van der Waals surface area contributed by atoms with E-state index in [-0.39, 0.29) is 12.6 Å². The summed E-state index contributed by atoms with van der Waals surface area (Å²) in [5.41, 5.74) is 8.40. The fourth-order valence-corrected chi connectivity index (χ4v) is 4.46. The maximum absolute atomic E-state index is 12.2. The largest absolute Gasteiger partial charge is 0.397 e. The molecule has 2 amide bonds. The first-order valence-electron chi connectivity index (χ1n) is 11.5. The van der Waals surface area contributed by atoms with Gasteiger partial charge < -0.3 is 20.3 Å². The number of fused-ring (bicyclic) bond motifs is 2. The monoisotopic (exact) mass is 459 g/mol. The highest BCUT2D eigenvalue weighted by Gasteiger charge is 2.26. The van der Waals surface area contributed by atoms with Crippen molar-refractivity contribution in [2.45, 2.75) is 20.0 Å². The zero-order valence-corrected chi connectivity index (χ0v) is 19.7. The summed E-state index contributed by atoms with van der Waals surface area (Å²) in [6, 6.07) is 14.4. The average Bonchev–Trinajstić information content (AvgIpc) is 3.60. The minimum Gasteiger partial charge on any atom is -0.397 e. The number of benzene rings is 2. The molecule has 2 aromatic carbocycles. The SMILES string of the molecule is CCO.CN1CCN(c2ccc(-c3cc(-c4nc5cc6c(cc5[nH]4)CNC6)n(C)n3)cc2)C1=O. The zero-order chi connectivity index (χ0) is 23.8. The van der Waals surface area contributed by atoms with E-state index in [1.807, 2.05) is 43.0 Å². The van der Waals surface area contributed by atoms with Crippen molar-refractivity contribution in [2.24, 2.45) is 7.05 Å². The van der Waals surface area contributed by atoms with Crippen LogP contribution >= 0.6 is 0 Å². The molecule has 9 heteroatoms. The zero-order valence-electron chi connectivity index (χ0n) is 19.7. The molecule has 6 rings (SSSR count). The number of carbonyl (C=O) groups is 1. The summed E-state index contributed by atoms with van der Waals surface area (Å²) < 4.78 is 1.86. The first-order valence-corrected chi connectivity index (χ1v) is 11.5. The van der Waals surface area contributed by atoms with Gasteiger partial charge in [0.05, 0.1) is 16.7 Å². The van der Waals surface area contributed by atoms with E-state index in [2.05, 4.69) is 28.5 Å². The molecule has 4 aromatic rings. The fraction of sp³-hybridized carbons (Fsp3) is 0.320. The van der Waals surface area contributed by atoms with Gasteiger partial charge in [-0.05, 0) is 48.4 Å². The van der Waals surface area contributed by atoms with Crippen LogP contribution in [0.4, 0.5) is 10.5 Å². The molecule has 176 valence electrons. The van der Waals surface area contributed by atoms with Crippen LogP contribution < -0.4 is 10.2 Å². The molecular formula is C25H29N7O2. The molecular weight excluding hydrogens is 430 g/mol. The summed E-state index contributed by atoms with van der Waals surface area (Å²) in [6.45, 7) is 5.21. The van der Waals surface area contributed by atoms with Gasteiger partial charge in [0.1, 0.15) is 5.69 Å². The van der Waals surface area contributed by atoms with E-state index in [0.717, 1.165) is 59.1 Å². The second-order valence-electron chi connectivity index (χ2n) is 8.58. The number of nitrogens with one attached hydrogen (secondary N) is 2. The maximum Gasteiger partial charge on any atom is 0.324 e. The number of aliphatic hydroxyl groups excluding tert-OH is 1. The van der Waals surface area contributed by atoms with Gasteiger partial charge in [-0.2, -0.15) is 5.10 Å². The molecule has 1 saturated heterocycles. The number of carbonyl (C=O) groups excluding carboxylic acids is 1. The molecule has 2 aliphatic rings. The Labute approximate surface area is 198 Å². The Hall–Kier alpha value is -3.69. The van der Waals surface area contributed by atoms with Gasteiger partial charge in [-0.25, -0.2) is 9.78 Å². The van der Waals surface area contributed by atoms with Crippen LogP contribution in [0.5, 0.6) is 0 Å². The molecule has 3 N–H and O–H groups in total. The summed E-state index contributed by atoms with van der Waals surface area (Å²) in [7, 11) is 3.76. The lowest BCUT2D eigenvalue weighted by atomic mass is 10.1. The van der Waals surface area contributed by atoms with E-state index in [1.54, 1.807) is 16.7 Å². The molecule has 2 aromatic heterocycles. The Bertz CT molecular complexity index is 1300. The molecule has 1 fully saturated rings. The number of urea groups is 1. The first kappa shape index (κ1) is 22.1. The molecule has 4 heterocycles. The number of aromatic amines is 1. The highest BCUT2D eigenvalue weighted by atomic mass is 16.2. The molecule has 0 atom stereocenters. The normalized spacial score (nSPS) is 15.1. The predicted octanol–water partition coefficient (Wildman–Crippen LogP) is 3.10. The van der Waals surface area contributed by atoms with Crippen molar-refractivity contribution in [1.82, 2.24) is 30.0 Å². The Morgan fingerprint density at radius 2 is 1.74 bits per heavy atom. The lowest BCUT2D eigenvalue weighted by molar-refractivity contribution is 0.229. The van der Waals surface area contributed by atoms with Gasteiger partial charge in [-0.3, -0.25) is 9.58 Å². The summed E-state index contributed by atoms with van der Waals surface area (Å²) >= 11 is 0. The Kier molecular flexibility index (Phi) is 5.80. The van der Waals surface area contributed by atoms with E-state index < -0.39 is 0 Å². The lowest BCUT2D eigenvalue weighted by Crippen LogP contribution is -2.29. The second kappa shape index (κ2) is 8.92. The number of hydrogen-bond acceptors (Lipinski definition) is 5. The maximum atomic E-state index is 12.2. The van der Waals surface area contributed by atoms with E-state index in [9.17, 15) is 4.79 Å². The van der Waals surface area contributed by atoms with Gasteiger partial charge in [-0.15, -0.1) is 0 Å². The van der Waals surface area contributed by atoms with Gasteiger partial charge in [0.15, 0.2) is 5.82 Å². The molecule has 0 aliphatic carbocycles. The summed E-state index contributed by atoms with van der Waals surface area (Å²) in [4.78, 5) is 24.0. The number of aliphatic hydroxyl groups is 1. The number of amides is 2. The minimum absolute atomic E-state index is 0.0412. The van der Waals surface area contributed by atoms with Crippen LogP contribution in [0.15, 0.2) is 42.5 Å². The van der Waals surface area contributed by atoms with E-state index in [1.165, 1.54) is 11.1 Å². The van der Waals surface area contributed by atoms with Crippen LogP contribution in [0.1, 0.15) is 18.1 Å². The Balaban J connectivity index is 0.000000764.